The zero-order chi connectivity index (χ0) is 13.4. The van der Waals surface area contributed by atoms with Gasteiger partial charge in [0.1, 0.15) is 6.29 Å². The molecule has 0 saturated heterocycles. The largest absolute Gasteiger partial charge is 0.412 e. The summed E-state index contributed by atoms with van der Waals surface area (Å²) in [7, 11) is 0. The highest BCUT2D eigenvalue weighted by Crippen LogP contribution is 2.60. The molecule has 16 heavy (non-hydrogen) atoms. The Morgan fingerprint density at radius 2 is 0.938 bits per heavy atom. The summed E-state index contributed by atoms with van der Waals surface area (Å²) in [6.45, 7) is 0. The minimum Gasteiger partial charge on any atom is -0.303 e. The summed E-state index contributed by atoms with van der Waals surface area (Å²) in [4.78, 5) is 9.66. The molecule has 0 saturated carbocycles. The second kappa shape index (κ2) is 3.81. The van der Waals surface area contributed by atoms with Crippen LogP contribution in [0, 0.1) is 5.41 Å². The van der Waals surface area contributed by atoms with E-state index >= 15 is 0 Å². The van der Waals surface area contributed by atoms with E-state index in [0.717, 1.165) is 0 Å². The van der Waals surface area contributed by atoms with Crippen molar-refractivity contribution in [3.63, 3.8) is 0 Å². The van der Waals surface area contributed by atoms with Crippen molar-refractivity contribution in [3.05, 3.63) is 0 Å². The first-order valence-electron chi connectivity index (χ1n) is 3.45. The zero-order valence-corrected chi connectivity index (χ0v) is 7.09. The van der Waals surface area contributed by atoms with Gasteiger partial charge in [-0.1, -0.05) is 0 Å². The number of hydrogen-bond donors (Lipinski definition) is 0. The van der Waals surface area contributed by atoms with E-state index in [0.29, 0.717) is 0 Å². The molecule has 0 heterocycles. The smallest absolute Gasteiger partial charge is 0.303 e. The van der Waals surface area contributed by atoms with Gasteiger partial charge in [0, 0.05) is 6.42 Å². The standard InChI is InChI=1S/C6H3F9O/c7-4(8,9)3(1-2-16,5(10,11)12)6(13,14)15/h2H,1H2. The number of aldehydes is 1. The van der Waals surface area contributed by atoms with E-state index in [1.165, 1.54) is 0 Å². The molecule has 0 radical (unpaired) electrons. The van der Waals surface area contributed by atoms with Crippen molar-refractivity contribution in [2.75, 3.05) is 0 Å². The molecule has 0 unspecified atom stereocenters. The summed E-state index contributed by atoms with van der Waals surface area (Å²) in [5, 5.41) is 0. The van der Waals surface area contributed by atoms with Crippen molar-refractivity contribution in [2.24, 2.45) is 5.41 Å². The van der Waals surface area contributed by atoms with Gasteiger partial charge in [0.25, 0.3) is 5.41 Å². The van der Waals surface area contributed by atoms with Crippen LogP contribution in [0.25, 0.3) is 0 Å². The lowest BCUT2D eigenvalue weighted by Crippen LogP contribution is -2.59. The average Bonchev–Trinajstić information content (AvgIpc) is 1.91. The van der Waals surface area contributed by atoms with Gasteiger partial charge in [0.2, 0.25) is 0 Å². The van der Waals surface area contributed by atoms with Crippen LogP contribution < -0.4 is 0 Å². The highest BCUT2D eigenvalue weighted by Gasteiger charge is 2.83. The van der Waals surface area contributed by atoms with E-state index in [9.17, 15) is 44.3 Å². The maximum Gasteiger partial charge on any atom is 0.412 e. The second-order valence-electron chi connectivity index (χ2n) is 2.77. The normalized spacial score (nSPS) is 15.1. The van der Waals surface area contributed by atoms with Crippen molar-refractivity contribution in [1.29, 1.82) is 0 Å². The quantitative estimate of drug-likeness (QED) is 0.551. The van der Waals surface area contributed by atoms with Gasteiger partial charge in [-0.25, -0.2) is 0 Å². The first kappa shape index (κ1) is 15.0. The average molecular weight is 262 g/mol. The Kier molecular flexibility index (Phi) is 3.58. The molecule has 0 aromatic heterocycles. The Hall–Kier alpha value is -0.960. The molecule has 0 aliphatic heterocycles. The third-order valence-electron chi connectivity index (χ3n) is 1.84. The van der Waals surface area contributed by atoms with E-state index < -0.39 is 36.7 Å². The molecular weight excluding hydrogens is 259 g/mol. The van der Waals surface area contributed by atoms with Crippen LogP contribution in [0.15, 0.2) is 0 Å². The SMILES string of the molecule is O=CCC(C(F)(F)F)(C(F)(F)F)C(F)(F)F. The van der Waals surface area contributed by atoms with E-state index in [2.05, 4.69) is 0 Å². The van der Waals surface area contributed by atoms with Gasteiger partial charge in [0.05, 0.1) is 0 Å². The molecule has 1 nitrogen and oxygen atoms in total. The summed E-state index contributed by atoms with van der Waals surface area (Å²) in [5.74, 6) is 0. The van der Waals surface area contributed by atoms with Crippen LogP contribution in [0.5, 0.6) is 0 Å². The minimum absolute atomic E-state index is 1.06. The molecule has 96 valence electrons. The summed E-state index contributed by atoms with van der Waals surface area (Å²) in [5.41, 5.74) is -6.01. The number of carbonyl (C=O) groups excluding carboxylic acids is 1. The van der Waals surface area contributed by atoms with Gasteiger partial charge < -0.3 is 4.79 Å². The van der Waals surface area contributed by atoms with Gasteiger partial charge in [0.15, 0.2) is 0 Å². The lowest BCUT2D eigenvalue weighted by Gasteiger charge is -2.37. The number of rotatable bonds is 2. The van der Waals surface area contributed by atoms with Gasteiger partial charge in [-0.15, -0.1) is 0 Å². The minimum atomic E-state index is -6.65. The van der Waals surface area contributed by atoms with Gasteiger partial charge in [-0.05, 0) is 0 Å². The van der Waals surface area contributed by atoms with E-state index in [1.807, 2.05) is 0 Å². The summed E-state index contributed by atoms with van der Waals surface area (Å²) in [6.07, 6.45) is -23.8. The fourth-order valence-electron chi connectivity index (χ4n) is 0.954. The topological polar surface area (TPSA) is 17.1 Å². The van der Waals surface area contributed by atoms with Crippen LogP contribution >= 0.6 is 0 Å². The van der Waals surface area contributed by atoms with E-state index in [1.54, 1.807) is 0 Å². The van der Waals surface area contributed by atoms with Gasteiger partial charge in [-0.3, -0.25) is 0 Å². The molecule has 0 spiro atoms. The first-order chi connectivity index (χ1) is 6.81. The maximum atomic E-state index is 12.0. The number of hydrogen-bond acceptors (Lipinski definition) is 1. The first-order valence-corrected chi connectivity index (χ1v) is 3.45. The van der Waals surface area contributed by atoms with Crippen LogP contribution in [-0.4, -0.2) is 24.8 Å². The molecule has 0 atom stereocenters. The van der Waals surface area contributed by atoms with Crippen molar-refractivity contribution in [1.82, 2.24) is 0 Å². The molecule has 10 heteroatoms. The molecule has 0 aromatic carbocycles. The molecular formula is C6H3F9O. The lowest BCUT2D eigenvalue weighted by molar-refractivity contribution is -0.425. The fourth-order valence-corrected chi connectivity index (χ4v) is 0.954. The predicted octanol–water partition coefficient (Wildman–Crippen LogP) is 3.25. The van der Waals surface area contributed by atoms with Crippen molar-refractivity contribution in [3.8, 4) is 0 Å². The molecule has 0 rings (SSSR count). The number of halogens is 9. The van der Waals surface area contributed by atoms with Crippen molar-refractivity contribution >= 4 is 6.29 Å². The maximum absolute atomic E-state index is 12.0. The third-order valence-corrected chi connectivity index (χ3v) is 1.84. The Morgan fingerprint density at radius 3 is 1.00 bits per heavy atom. The van der Waals surface area contributed by atoms with Crippen molar-refractivity contribution < 1.29 is 44.3 Å². The molecule has 0 aliphatic carbocycles. The molecule has 0 fully saturated rings. The van der Waals surface area contributed by atoms with Crippen LogP contribution in [0.4, 0.5) is 39.5 Å². The number of carbonyl (C=O) groups is 1. The van der Waals surface area contributed by atoms with E-state index in [-0.39, 0.29) is 0 Å². The Bertz CT molecular complexity index is 221. The summed E-state index contributed by atoms with van der Waals surface area (Å²) >= 11 is 0. The monoisotopic (exact) mass is 262 g/mol. The van der Waals surface area contributed by atoms with Gasteiger partial charge >= 0.3 is 18.5 Å². The second-order valence-corrected chi connectivity index (χ2v) is 2.77. The third kappa shape index (κ3) is 2.09. The highest BCUT2D eigenvalue weighted by atomic mass is 19.4. The molecule has 0 aliphatic rings. The Labute approximate surface area is 82.2 Å². The summed E-state index contributed by atoms with van der Waals surface area (Å²) < 4.78 is 108. The summed E-state index contributed by atoms with van der Waals surface area (Å²) in [6, 6.07) is 0. The van der Waals surface area contributed by atoms with Crippen LogP contribution in [0.2, 0.25) is 0 Å². The van der Waals surface area contributed by atoms with Crippen LogP contribution in [0.1, 0.15) is 6.42 Å². The van der Waals surface area contributed by atoms with Crippen LogP contribution in [-0.2, 0) is 4.79 Å². The van der Waals surface area contributed by atoms with Crippen LogP contribution in [0.3, 0.4) is 0 Å². The lowest BCUT2D eigenvalue weighted by atomic mass is 9.82. The predicted molar refractivity (Wildman–Crippen MR) is 31.3 cm³/mol. The van der Waals surface area contributed by atoms with Crippen molar-refractivity contribution in [2.45, 2.75) is 24.9 Å². The molecule has 0 N–H and O–H groups in total. The fraction of sp³-hybridized carbons (Fsp3) is 0.833. The molecule has 0 aromatic rings. The van der Waals surface area contributed by atoms with E-state index in [4.69, 9.17) is 0 Å². The molecule has 0 bridgehead atoms. The Morgan fingerprint density at radius 1 is 0.688 bits per heavy atom. The highest BCUT2D eigenvalue weighted by molar-refractivity contribution is 5.52. The molecule has 0 amide bonds. The number of alkyl halides is 9. The van der Waals surface area contributed by atoms with Gasteiger partial charge in [-0.2, -0.15) is 39.5 Å². The Balaban J connectivity index is 5.92. The zero-order valence-electron chi connectivity index (χ0n) is 7.09.